The number of nitrogens with zero attached hydrogens (tertiary/aromatic N) is 2. The molecule has 2 amide bonds. The monoisotopic (exact) mass is 630 g/mol. The Morgan fingerprint density at radius 1 is 1.19 bits per heavy atom. The summed E-state index contributed by atoms with van der Waals surface area (Å²) in [6, 6.07) is 13.5. The standard InChI is InChI=1S/C25H28FN3O3S2.C4H10O.C3H5N/c1-16-5-3-4-6-19(16)25-28-13-22(34-25)24(32)27-14-23(31)29-20(21(30)15-33-2)12-9-17-7-10-18(26)11-8-17;1-3-4(2)5;1-3-4-2/h3-8,10-11,13,20-21,30H,9,12,14-15H2,1-2H3,(H,27,32)(H,29,31);4-5H,3H2,1-2H3;3H,1-2H2. The summed E-state index contributed by atoms with van der Waals surface area (Å²) in [6.07, 6.45) is 5.84. The number of aliphatic hydroxyl groups is 2. The van der Waals surface area contributed by atoms with E-state index in [0.29, 0.717) is 23.5 Å². The molecule has 234 valence electrons. The van der Waals surface area contributed by atoms with Gasteiger partial charge in [0.1, 0.15) is 15.7 Å². The summed E-state index contributed by atoms with van der Waals surface area (Å²) in [7, 11) is 0. The van der Waals surface area contributed by atoms with Gasteiger partial charge in [-0.05, 0) is 69.3 Å². The molecule has 8 nitrogen and oxygen atoms in total. The molecule has 2 aromatic carbocycles. The zero-order valence-corrected chi connectivity index (χ0v) is 26.9. The lowest BCUT2D eigenvalue weighted by molar-refractivity contribution is -0.121. The van der Waals surface area contributed by atoms with E-state index < -0.39 is 12.1 Å². The molecule has 0 fully saturated rings. The maximum atomic E-state index is 13.1. The van der Waals surface area contributed by atoms with Crippen LogP contribution in [0.3, 0.4) is 0 Å². The first-order valence-electron chi connectivity index (χ1n) is 13.8. The number of halogens is 1. The number of hydrogen-bond donors (Lipinski definition) is 4. The van der Waals surface area contributed by atoms with Gasteiger partial charge in [0, 0.05) is 17.5 Å². The van der Waals surface area contributed by atoms with Gasteiger partial charge < -0.3 is 20.8 Å². The Bertz CT molecular complexity index is 1260. The van der Waals surface area contributed by atoms with Gasteiger partial charge in [0.2, 0.25) is 5.91 Å². The van der Waals surface area contributed by atoms with Crippen LogP contribution in [0.4, 0.5) is 4.39 Å². The molecule has 0 spiro atoms. The second kappa shape index (κ2) is 21.3. The number of aryl methyl sites for hydroxylation is 2. The Morgan fingerprint density at radius 2 is 1.81 bits per heavy atom. The lowest BCUT2D eigenvalue weighted by Crippen LogP contribution is -2.48. The highest BCUT2D eigenvalue weighted by Crippen LogP contribution is 2.27. The Labute approximate surface area is 262 Å². The summed E-state index contributed by atoms with van der Waals surface area (Å²) in [5.74, 6) is -0.608. The van der Waals surface area contributed by atoms with Gasteiger partial charge >= 0.3 is 0 Å². The Morgan fingerprint density at radius 3 is 2.37 bits per heavy atom. The second-order valence-electron chi connectivity index (χ2n) is 9.51. The smallest absolute Gasteiger partial charge is 0.263 e. The molecular weight excluding hydrogens is 588 g/mol. The van der Waals surface area contributed by atoms with Crippen LogP contribution in [0.5, 0.6) is 0 Å². The molecule has 0 radical (unpaired) electrons. The van der Waals surface area contributed by atoms with Crippen LogP contribution in [0.1, 0.15) is 47.5 Å². The van der Waals surface area contributed by atoms with Crippen molar-refractivity contribution in [1.29, 1.82) is 0 Å². The van der Waals surface area contributed by atoms with Crippen molar-refractivity contribution in [3.8, 4) is 10.6 Å². The summed E-state index contributed by atoms with van der Waals surface area (Å²) >= 11 is 2.75. The molecule has 4 N–H and O–H groups in total. The lowest BCUT2D eigenvalue weighted by atomic mass is 10.0. The van der Waals surface area contributed by atoms with Gasteiger partial charge in [-0.1, -0.05) is 49.9 Å². The third-order valence-corrected chi connectivity index (χ3v) is 7.74. The van der Waals surface area contributed by atoms with Crippen molar-refractivity contribution in [2.75, 3.05) is 18.6 Å². The number of aliphatic hydroxyl groups excluding tert-OH is 2. The molecule has 3 unspecified atom stereocenters. The van der Waals surface area contributed by atoms with Gasteiger partial charge in [-0.15, -0.1) is 11.3 Å². The van der Waals surface area contributed by atoms with Crippen LogP contribution in [0.2, 0.25) is 0 Å². The van der Waals surface area contributed by atoms with Crippen LogP contribution in [0, 0.1) is 12.7 Å². The van der Waals surface area contributed by atoms with Crippen LogP contribution in [-0.2, 0) is 11.2 Å². The topological polar surface area (TPSA) is 124 Å². The Hall–Kier alpha value is -3.38. The zero-order valence-electron chi connectivity index (χ0n) is 25.3. The average molecular weight is 631 g/mol. The predicted octanol–water partition coefficient (Wildman–Crippen LogP) is 5.44. The number of aliphatic imine (C=N–C) groups is 1. The lowest BCUT2D eigenvalue weighted by Gasteiger charge is -2.24. The summed E-state index contributed by atoms with van der Waals surface area (Å²) in [4.78, 5) is 33.1. The predicted molar refractivity (Wildman–Crippen MR) is 177 cm³/mol. The first kappa shape index (κ1) is 37.6. The molecule has 0 saturated carbocycles. The van der Waals surface area contributed by atoms with Gasteiger partial charge in [-0.3, -0.25) is 14.6 Å². The molecule has 1 heterocycles. The van der Waals surface area contributed by atoms with Crippen molar-refractivity contribution >= 4 is 41.6 Å². The van der Waals surface area contributed by atoms with Crippen molar-refractivity contribution in [2.45, 2.75) is 58.3 Å². The number of thioether (sulfide) groups is 1. The Kier molecular flexibility index (Phi) is 18.7. The third-order valence-electron chi connectivity index (χ3n) is 6.04. The number of benzene rings is 2. The average Bonchev–Trinajstić information content (AvgIpc) is 3.50. The summed E-state index contributed by atoms with van der Waals surface area (Å²) in [6.45, 7) is 11.9. The number of thiazole rings is 1. The Balaban J connectivity index is 0.000000899. The summed E-state index contributed by atoms with van der Waals surface area (Å²) in [5, 5.41) is 25.0. The number of carbonyl (C=O) groups is 2. The van der Waals surface area contributed by atoms with E-state index in [1.165, 1.54) is 47.6 Å². The number of carbonyl (C=O) groups excluding carboxylic acids is 2. The van der Waals surface area contributed by atoms with E-state index in [9.17, 15) is 19.1 Å². The van der Waals surface area contributed by atoms with Crippen molar-refractivity contribution in [3.05, 3.63) is 89.3 Å². The molecular formula is C32H43FN4O4S2. The molecule has 11 heteroatoms. The van der Waals surface area contributed by atoms with Gasteiger partial charge in [0.15, 0.2) is 0 Å². The minimum atomic E-state index is -0.742. The number of rotatable bonds is 13. The molecule has 43 heavy (non-hydrogen) atoms. The third kappa shape index (κ3) is 15.1. The normalized spacial score (nSPS) is 12.3. The van der Waals surface area contributed by atoms with E-state index in [-0.39, 0.29) is 30.3 Å². The summed E-state index contributed by atoms with van der Waals surface area (Å²) in [5.41, 5.74) is 2.95. The van der Waals surface area contributed by atoms with E-state index in [4.69, 9.17) is 5.11 Å². The van der Waals surface area contributed by atoms with Crippen LogP contribution in [0.25, 0.3) is 10.6 Å². The van der Waals surface area contributed by atoms with E-state index >= 15 is 0 Å². The number of aromatic nitrogens is 1. The first-order chi connectivity index (χ1) is 20.6. The fraction of sp³-hybridized carbons (Fsp3) is 0.375. The minimum absolute atomic E-state index is 0.116. The fourth-order valence-electron chi connectivity index (χ4n) is 3.44. The van der Waals surface area contributed by atoms with Crippen molar-refractivity contribution in [1.82, 2.24) is 15.6 Å². The quantitative estimate of drug-likeness (QED) is 0.187. The highest BCUT2D eigenvalue weighted by Gasteiger charge is 2.22. The van der Waals surface area contributed by atoms with Gasteiger partial charge in [0.25, 0.3) is 5.91 Å². The maximum Gasteiger partial charge on any atom is 0.263 e. The molecule has 0 aliphatic heterocycles. The highest BCUT2D eigenvalue weighted by atomic mass is 32.2. The second-order valence-corrected chi connectivity index (χ2v) is 11.5. The molecule has 0 bridgehead atoms. The molecule has 0 aliphatic rings. The molecule has 3 aromatic rings. The van der Waals surface area contributed by atoms with Crippen LogP contribution in [0.15, 0.2) is 72.5 Å². The number of amides is 2. The van der Waals surface area contributed by atoms with Crippen LogP contribution >= 0.6 is 23.1 Å². The van der Waals surface area contributed by atoms with Gasteiger partial charge in [-0.25, -0.2) is 9.37 Å². The van der Waals surface area contributed by atoms with E-state index in [0.717, 1.165) is 28.1 Å². The van der Waals surface area contributed by atoms with Crippen molar-refractivity contribution < 1.29 is 24.2 Å². The zero-order chi connectivity index (χ0) is 32.2. The SMILES string of the molecule is C=CN=C.CCC(C)O.CSCC(O)C(CCc1ccc(F)cc1)NC(=O)CNC(=O)c1cnc(-c2ccccc2C)s1. The van der Waals surface area contributed by atoms with Crippen molar-refractivity contribution in [2.24, 2.45) is 4.99 Å². The largest absolute Gasteiger partial charge is 0.393 e. The number of hydrogen-bond acceptors (Lipinski definition) is 8. The van der Waals surface area contributed by atoms with Gasteiger partial charge in [0.05, 0.1) is 31.0 Å². The van der Waals surface area contributed by atoms with E-state index in [1.807, 2.05) is 44.4 Å². The minimum Gasteiger partial charge on any atom is -0.393 e. The van der Waals surface area contributed by atoms with Crippen LogP contribution < -0.4 is 10.6 Å². The molecule has 3 rings (SSSR count). The summed E-state index contributed by atoms with van der Waals surface area (Å²) < 4.78 is 13.1. The number of nitrogens with one attached hydrogen (secondary N) is 2. The first-order valence-corrected chi connectivity index (χ1v) is 16.0. The fourth-order valence-corrected chi connectivity index (χ4v) is 4.94. The van der Waals surface area contributed by atoms with Crippen molar-refractivity contribution in [3.63, 3.8) is 0 Å². The molecule has 1 aromatic heterocycles. The molecule has 3 atom stereocenters. The van der Waals surface area contributed by atoms with E-state index in [2.05, 4.69) is 33.9 Å². The molecule has 0 saturated heterocycles. The highest BCUT2D eigenvalue weighted by molar-refractivity contribution is 7.98. The molecule has 0 aliphatic carbocycles. The maximum absolute atomic E-state index is 13.1. The van der Waals surface area contributed by atoms with Gasteiger partial charge in [-0.2, -0.15) is 11.8 Å². The van der Waals surface area contributed by atoms with Crippen LogP contribution in [-0.4, -0.2) is 70.5 Å². The van der Waals surface area contributed by atoms with E-state index in [1.54, 1.807) is 19.1 Å².